The molecule has 33 heavy (non-hydrogen) atoms. The summed E-state index contributed by atoms with van der Waals surface area (Å²) in [6, 6.07) is 10.9. The van der Waals surface area contributed by atoms with Gasteiger partial charge in [0.05, 0.1) is 25.3 Å². The van der Waals surface area contributed by atoms with E-state index in [2.05, 4.69) is 42.1 Å². The van der Waals surface area contributed by atoms with Crippen molar-refractivity contribution in [3.05, 3.63) is 69.9 Å². The quantitative estimate of drug-likeness (QED) is 0.488. The molecule has 3 heterocycles. The number of benzene rings is 1. The van der Waals surface area contributed by atoms with E-state index in [-0.39, 0.29) is 18.0 Å². The molecule has 2 amide bonds. The molecule has 5 rings (SSSR count). The van der Waals surface area contributed by atoms with Crippen LogP contribution in [0.5, 0.6) is 0 Å². The van der Waals surface area contributed by atoms with E-state index in [4.69, 9.17) is 4.74 Å². The Hall–Kier alpha value is -3.06. The van der Waals surface area contributed by atoms with Crippen LogP contribution in [0.2, 0.25) is 0 Å². The number of anilines is 1. The van der Waals surface area contributed by atoms with Crippen molar-refractivity contribution >= 4 is 29.0 Å². The van der Waals surface area contributed by atoms with E-state index in [9.17, 15) is 9.59 Å². The summed E-state index contributed by atoms with van der Waals surface area (Å²) in [5.74, 6) is -0.147. The van der Waals surface area contributed by atoms with Gasteiger partial charge in [-0.2, -0.15) is 0 Å². The normalized spacial score (nSPS) is 17.1. The Morgan fingerprint density at radius 3 is 2.58 bits per heavy atom. The average molecular weight is 464 g/mol. The maximum Gasteiger partial charge on any atom is 0.337 e. The van der Waals surface area contributed by atoms with Crippen LogP contribution >= 0.6 is 11.3 Å². The first kappa shape index (κ1) is 21.8. The number of aryl methyl sites for hydroxylation is 1. The second-order valence-corrected chi connectivity index (χ2v) is 10.2. The number of ether oxygens (including phenoxy) is 1. The molecule has 2 aromatic heterocycles. The number of rotatable bonds is 3. The molecule has 0 bridgehead atoms. The molecule has 1 aromatic carbocycles. The molecule has 2 aliphatic rings. The summed E-state index contributed by atoms with van der Waals surface area (Å²) in [7, 11) is 1.36. The molecule has 0 unspecified atom stereocenters. The van der Waals surface area contributed by atoms with Crippen molar-refractivity contribution in [2.75, 3.05) is 12.4 Å². The molecular formula is C26H29N3O3S. The third-order valence-corrected chi connectivity index (χ3v) is 8.01. The smallest absolute Gasteiger partial charge is 0.337 e. The Bertz CT molecular complexity index is 1190. The molecule has 1 N–H and O–H groups in total. The molecule has 0 spiro atoms. The van der Waals surface area contributed by atoms with Crippen LogP contribution in [0, 0.1) is 5.92 Å². The molecule has 0 radical (unpaired) electrons. The predicted octanol–water partition coefficient (Wildman–Crippen LogP) is 5.95. The van der Waals surface area contributed by atoms with Crippen LogP contribution in [-0.2, 0) is 24.1 Å². The van der Waals surface area contributed by atoms with Crippen molar-refractivity contribution in [2.24, 2.45) is 5.92 Å². The molecule has 1 atom stereocenters. The number of methoxy groups -OCH3 is 1. The molecular weight excluding hydrogens is 434 g/mol. The van der Waals surface area contributed by atoms with Crippen LogP contribution in [0.1, 0.15) is 64.8 Å². The first-order valence-corrected chi connectivity index (χ1v) is 12.4. The zero-order valence-electron chi connectivity index (χ0n) is 19.3. The Balaban J connectivity index is 1.51. The Morgan fingerprint density at radius 1 is 1.09 bits per heavy atom. The van der Waals surface area contributed by atoms with Crippen molar-refractivity contribution < 1.29 is 14.3 Å². The van der Waals surface area contributed by atoms with Gasteiger partial charge < -0.3 is 19.5 Å². The minimum Gasteiger partial charge on any atom is -0.465 e. The van der Waals surface area contributed by atoms with Gasteiger partial charge in [0.2, 0.25) is 0 Å². The lowest BCUT2D eigenvalue weighted by Gasteiger charge is -2.33. The number of carbonyl (C=O) groups excluding carboxylic acids is 2. The minimum absolute atomic E-state index is 0.0480. The standard InChI is InChI=1S/C26H29N3O3S/c1-16(2)23-21-8-6-14-28(21)24-20(19-7-4-5-9-22(19)33-24)15-29(23)26(31)27-18-12-10-17(11-13-18)25(30)32-3/h6,8,10-14,16,23H,4-5,7,9,15H2,1-3H3,(H,27,31)/t23-/m1/s1. The van der Waals surface area contributed by atoms with E-state index < -0.39 is 5.97 Å². The number of carbonyl (C=O) groups is 2. The second kappa shape index (κ2) is 8.71. The maximum atomic E-state index is 13.7. The highest BCUT2D eigenvalue weighted by Gasteiger charge is 2.36. The fraction of sp³-hybridized carbons (Fsp3) is 0.385. The van der Waals surface area contributed by atoms with Gasteiger partial charge in [-0.05, 0) is 73.6 Å². The number of esters is 1. The highest BCUT2D eigenvalue weighted by atomic mass is 32.1. The number of amides is 2. The van der Waals surface area contributed by atoms with Gasteiger partial charge in [0.15, 0.2) is 0 Å². The van der Waals surface area contributed by atoms with Gasteiger partial charge >= 0.3 is 12.0 Å². The van der Waals surface area contributed by atoms with Crippen molar-refractivity contribution in [3.63, 3.8) is 0 Å². The van der Waals surface area contributed by atoms with Crippen molar-refractivity contribution in [3.8, 4) is 5.00 Å². The summed E-state index contributed by atoms with van der Waals surface area (Å²) >= 11 is 1.90. The van der Waals surface area contributed by atoms with Crippen LogP contribution in [0.3, 0.4) is 0 Å². The zero-order chi connectivity index (χ0) is 23.1. The van der Waals surface area contributed by atoms with E-state index in [0.717, 1.165) is 18.5 Å². The van der Waals surface area contributed by atoms with Gasteiger partial charge in [0.25, 0.3) is 0 Å². The van der Waals surface area contributed by atoms with Crippen LogP contribution in [-0.4, -0.2) is 28.6 Å². The topological polar surface area (TPSA) is 63.6 Å². The lowest BCUT2D eigenvalue weighted by Crippen LogP contribution is -2.39. The molecule has 172 valence electrons. The molecule has 0 fully saturated rings. The van der Waals surface area contributed by atoms with E-state index in [1.165, 1.54) is 41.0 Å². The number of thiophene rings is 1. The summed E-state index contributed by atoms with van der Waals surface area (Å²) < 4.78 is 7.07. The van der Waals surface area contributed by atoms with Gasteiger partial charge in [0.1, 0.15) is 5.00 Å². The Morgan fingerprint density at radius 2 is 1.85 bits per heavy atom. The maximum absolute atomic E-state index is 13.7. The average Bonchev–Trinajstić information content (AvgIpc) is 3.40. The van der Waals surface area contributed by atoms with Gasteiger partial charge in [0, 0.05) is 28.0 Å². The van der Waals surface area contributed by atoms with Gasteiger partial charge in [-0.1, -0.05) is 13.8 Å². The molecule has 6 nitrogen and oxygen atoms in total. The van der Waals surface area contributed by atoms with E-state index in [1.54, 1.807) is 24.3 Å². The first-order valence-electron chi connectivity index (χ1n) is 11.5. The molecule has 0 saturated carbocycles. The van der Waals surface area contributed by atoms with Crippen molar-refractivity contribution in [2.45, 2.75) is 52.1 Å². The molecule has 3 aromatic rings. The number of nitrogens with zero attached hydrogens (tertiary/aromatic N) is 2. The molecule has 0 saturated heterocycles. The van der Waals surface area contributed by atoms with Gasteiger partial charge in [-0.25, -0.2) is 9.59 Å². The summed E-state index contributed by atoms with van der Waals surface area (Å²) in [5.41, 5.74) is 5.01. The summed E-state index contributed by atoms with van der Waals surface area (Å²) in [6.45, 7) is 4.93. The van der Waals surface area contributed by atoms with Crippen LogP contribution in [0.4, 0.5) is 10.5 Å². The zero-order valence-corrected chi connectivity index (χ0v) is 20.1. The largest absolute Gasteiger partial charge is 0.465 e. The third kappa shape index (κ3) is 3.84. The number of urea groups is 1. The first-order chi connectivity index (χ1) is 16.0. The van der Waals surface area contributed by atoms with Crippen molar-refractivity contribution in [1.29, 1.82) is 0 Å². The van der Waals surface area contributed by atoms with Gasteiger partial charge in [-0.3, -0.25) is 0 Å². The van der Waals surface area contributed by atoms with Crippen LogP contribution in [0.25, 0.3) is 5.00 Å². The number of nitrogens with one attached hydrogen (secondary N) is 1. The van der Waals surface area contributed by atoms with Crippen LogP contribution in [0.15, 0.2) is 42.6 Å². The van der Waals surface area contributed by atoms with E-state index >= 15 is 0 Å². The number of fused-ring (bicyclic) bond motifs is 5. The fourth-order valence-corrected chi connectivity index (χ4v) is 6.53. The number of aromatic nitrogens is 1. The third-order valence-electron chi connectivity index (χ3n) is 6.68. The number of hydrogen-bond acceptors (Lipinski definition) is 4. The van der Waals surface area contributed by atoms with Gasteiger partial charge in [-0.15, -0.1) is 11.3 Å². The summed E-state index contributed by atoms with van der Waals surface area (Å²) in [5, 5.41) is 4.33. The molecule has 1 aliphatic carbocycles. The summed E-state index contributed by atoms with van der Waals surface area (Å²) in [6.07, 6.45) is 6.81. The SMILES string of the molecule is COC(=O)c1ccc(NC(=O)N2Cc3c(sc4c3CCCC4)-n3cccc3[C@H]2C(C)C)cc1. The molecule has 1 aliphatic heterocycles. The highest BCUT2D eigenvalue weighted by Crippen LogP contribution is 2.44. The van der Waals surface area contributed by atoms with Crippen LogP contribution < -0.4 is 5.32 Å². The monoisotopic (exact) mass is 463 g/mol. The highest BCUT2D eigenvalue weighted by molar-refractivity contribution is 7.15. The van der Waals surface area contributed by atoms with Crippen molar-refractivity contribution in [1.82, 2.24) is 9.47 Å². The van der Waals surface area contributed by atoms with E-state index in [0.29, 0.717) is 17.8 Å². The lowest BCUT2D eigenvalue weighted by atomic mass is 9.94. The minimum atomic E-state index is -0.393. The molecule has 7 heteroatoms. The second-order valence-electron chi connectivity index (χ2n) is 9.11. The van der Waals surface area contributed by atoms with E-state index in [1.807, 2.05) is 16.2 Å². The number of hydrogen-bond donors (Lipinski definition) is 1. The predicted molar refractivity (Wildman–Crippen MR) is 130 cm³/mol. The Labute approximate surface area is 198 Å². The fourth-order valence-electron chi connectivity index (χ4n) is 5.13. The lowest BCUT2D eigenvalue weighted by molar-refractivity contribution is 0.0600. The Kier molecular flexibility index (Phi) is 5.74. The summed E-state index contributed by atoms with van der Waals surface area (Å²) in [4.78, 5) is 28.9.